The Morgan fingerprint density at radius 1 is 1.12 bits per heavy atom. The largest absolute Gasteiger partial charge is 0.461 e. The molecule has 3 rings (SSSR count). The maximum absolute atomic E-state index is 13.6. The van der Waals surface area contributed by atoms with Crippen LogP contribution in [0.3, 0.4) is 0 Å². The third kappa shape index (κ3) is 3.87. The summed E-state index contributed by atoms with van der Waals surface area (Å²) < 4.78 is 19.1. The second kappa shape index (κ2) is 7.45. The molecule has 3 heteroatoms. The molecular weight excluding hydrogens is 327 g/mol. The molecule has 1 fully saturated rings. The number of benzene rings is 2. The molecule has 0 saturated heterocycles. The summed E-state index contributed by atoms with van der Waals surface area (Å²) in [5.41, 5.74) is 2.93. The van der Waals surface area contributed by atoms with Gasteiger partial charge < -0.3 is 4.74 Å². The van der Waals surface area contributed by atoms with Crippen LogP contribution in [0.2, 0.25) is 0 Å². The van der Waals surface area contributed by atoms with E-state index >= 15 is 0 Å². The molecule has 0 spiro atoms. The minimum atomic E-state index is -0.267. The standard InChI is InChI=1S/C23H25FO2/c1-4-19(24)14-20-21(23(20,2)3)22(25)26-15-16-9-8-12-18(13-16)17-10-6-5-7-11-17/h5-14,20-21H,4,15H2,1-3H3/b19-14-/t20-,21-/m0/s1. The summed E-state index contributed by atoms with van der Waals surface area (Å²) in [6, 6.07) is 18.1. The van der Waals surface area contributed by atoms with Gasteiger partial charge in [-0.25, -0.2) is 4.39 Å². The van der Waals surface area contributed by atoms with Gasteiger partial charge >= 0.3 is 5.97 Å². The first-order valence-electron chi connectivity index (χ1n) is 9.10. The van der Waals surface area contributed by atoms with Crippen LogP contribution in [0.1, 0.15) is 32.8 Å². The molecule has 2 atom stereocenters. The fraction of sp³-hybridized carbons (Fsp3) is 0.348. The van der Waals surface area contributed by atoms with Gasteiger partial charge in [0.2, 0.25) is 0 Å². The summed E-state index contributed by atoms with van der Waals surface area (Å²) in [6.45, 7) is 5.98. The van der Waals surface area contributed by atoms with E-state index in [1.165, 1.54) is 0 Å². The van der Waals surface area contributed by atoms with Crippen molar-refractivity contribution in [3.05, 3.63) is 72.1 Å². The lowest BCUT2D eigenvalue weighted by molar-refractivity contribution is -0.147. The highest BCUT2D eigenvalue weighted by Gasteiger charge is 2.61. The molecular formula is C23H25FO2. The van der Waals surface area contributed by atoms with Crippen molar-refractivity contribution in [3.8, 4) is 11.1 Å². The number of carbonyl (C=O) groups is 1. The Morgan fingerprint density at radius 3 is 2.50 bits per heavy atom. The third-order valence-electron chi connectivity index (χ3n) is 5.28. The van der Waals surface area contributed by atoms with Crippen LogP contribution < -0.4 is 0 Å². The van der Waals surface area contributed by atoms with Crippen LogP contribution in [0.4, 0.5) is 4.39 Å². The molecule has 1 saturated carbocycles. The molecule has 0 heterocycles. The van der Waals surface area contributed by atoms with Crippen LogP contribution in [0.15, 0.2) is 66.5 Å². The number of halogens is 1. The first-order chi connectivity index (χ1) is 12.4. The predicted octanol–water partition coefficient (Wildman–Crippen LogP) is 5.93. The molecule has 2 aromatic carbocycles. The van der Waals surface area contributed by atoms with Gasteiger partial charge in [0.25, 0.3) is 0 Å². The highest BCUT2D eigenvalue weighted by Crippen LogP contribution is 2.60. The third-order valence-corrected chi connectivity index (χ3v) is 5.28. The molecule has 0 radical (unpaired) electrons. The van der Waals surface area contributed by atoms with E-state index in [9.17, 15) is 9.18 Å². The zero-order valence-corrected chi connectivity index (χ0v) is 15.5. The van der Waals surface area contributed by atoms with Crippen LogP contribution in [0.5, 0.6) is 0 Å². The normalized spacial score (nSPS) is 21.3. The number of ether oxygens (including phenoxy) is 1. The molecule has 2 aromatic rings. The molecule has 1 aliphatic rings. The van der Waals surface area contributed by atoms with Gasteiger partial charge in [-0.05, 0) is 46.6 Å². The van der Waals surface area contributed by atoms with Crippen molar-refractivity contribution < 1.29 is 13.9 Å². The van der Waals surface area contributed by atoms with Crippen molar-refractivity contribution in [2.45, 2.75) is 33.8 Å². The van der Waals surface area contributed by atoms with E-state index in [-0.39, 0.29) is 35.7 Å². The SMILES string of the molecule is CC/C(F)=C/[C@H]1[C@@H](C(=O)OCc2cccc(-c3ccccc3)c2)C1(C)C. The average molecular weight is 352 g/mol. The zero-order chi connectivity index (χ0) is 18.7. The lowest BCUT2D eigenvalue weighted by Gasteiger charge is -2.08. The molecule has 136 valence electrons. The topological polar surface area (TPSA) is 26.3 Å². The summed E-state index contributed by atoms with van der Waals surface area (Å²) in [7, 11) is 0. The summed E-state index contributed by atoms with van der Waals surface area (Å²) in [5, 5.41) is 0. The van der Waals surface area contributed by atoms with Crippen LogP contribution >= 0.6 is 0 Å². The van der Waals surface area contributed by atoms with Gasteiger partial charge in [-0.1, -0.05) is 69.3 Å². The van der Waals surface area contributed by atoms with Gasteiger partial charge in [-0.3, -0.25) is 4.79 Å². The molecule has 1 aliphatic carbocycles. The first-order valence-corrected chi connectivity index (χ1v) is 9.10. The minimum Gasteiger partial charge on any atom is -0.461 e. The molecule has 0 N–H and O–H groups in total. The van der Waals surface area contributed by atoms with Gasteiger partial charge in [0.1, 0.15) is 6.61 Å². The number of esters is 1. The van der Waals surface area contributed by atoms with Gasteiger partial charge in [0, 0.05) is 0 Å². The smallest absolute Gasteiger partial charge is 0.310 e. The van der Waals surface area contributed by atoms with Crippen LogP contribution in [0.25, 0.3) is 11.1 Å². The van der Waals surface area contributed by atoms with E-state index in [0.29, 0.717) is 6.42 Å². The Kier molecular flexibility index (Phi) is 5.26. The molecule has 0 aliphatic heterocycles. The van der Waals surface area contributed by atoms with E-state index in [0.717, 1.165) is 16.7 Å². The lowest BCUT2D eigenvalue weighted by atomic mass is 10.0. The van der Waals surface area contributed by atoms with Crippen molar-refractivity contribution in [2.24, 2.45) is 17.3 Å². The van der Waals surface area contributed by atoms with Crippen LogP contribution in [-0.2, 0) is 16.1 Å². The minimum absolute atomic E-state index is 0.0781. The molecule has 0 bridgehead atoms. The van der Waals surface area contributed by atoms with Crippen LogP contribution in [-0.4, -0.2) is 5.97 Å². The summed E-state index contributed by atoms with van der Waals surface area (Å²) in [4.78, 5) is 12.5. The Hall–Kier alpha value is -2.42. The van der Waals surface area contributed by atoms with Gasteiger partial charge in [0.05, 0.1) is 11.7 Å². The maximum atomic E-state index is 13.6. The number of hydrogen-bond acceptors (Lipinski definition) is 2. The zero-order valence-electron chi connectivity index (χ0n) is 15.5. The number of carbonyl (C=O) groups excluding carboxylic acids is 1. The molecule has 0 aromatic heterocycles. The second-order valence-corrected chi connectivity index (χ2v) is 7.47. The van der Waals surface area contributed by atoms with Crippen molar-refractivity contribution in [1.82, 2.24) is 0 Å². The Morgan fingerprint density at radius 2 is 1.81 bits per heavy atom. The number of rotatable bonds is 6. The molecule has 26 heavy (non-hydrogen) atoms. The fourth-order valence-corrected chi connectivity index (χ4v) is 3.47. The summed E-state index contributed by atoms with van der Waals surface area (Å²) >= 11 is 0. The Balaban J connectivity index is 1.64. The van der Waals surface area contributed by atoms with Crippen molar-refractivity contribution >= 4 is 5.97 Å². The van der Waals surface area contributed by atoms with E-state index in [1.807, 2.05) is 56.3 Å². The first kappa shape index (κ1) is 18.4. The summed E-state index contributed by atoms with van der Waals surface area (Å²) in [5.74, 6) is -0.748. The Bertz CT molecular complexity index is 808. The van der Waals surface area contributed by atoms with Crippen molar-refractivity contribution in [2.75, 3.05) is 0 Å². The quantitative estimate of drug-likeness (QED) is 0.602. The molecule has 0 amide bonds. The van der Waals surface area contributed by atoms with Crippen molar-refractivity contribution in [3.63, 3.8) is 0 Å². The highest BCUT2D eigenvalue weighted by molar-refractivity contribution is 5.78. The van der Waals surface area contributed by atoms with E-state index in [4.69, 9.17) is 4.74 Å². The van der Waals surface area contributed by atoms with Crippen molar-refractivity contribution in [1.29, 1.82) is 0 Å². The van der Waals surface area contributed by atoms with Gasteiger partial charge in [-0.15, -0.1) is 0 Å². The van der Waals surface area contributed by atoms with Crippen LogP contribution in [0, 0.1) is 17.3 Å². The maximum Gasteiger partial charge on any atom is 0.310 e. The molecule has 2 nitrogen and oxygen atoms in total. The van der Waals surface area contributed by atoms with E-state index in [1.54, 1.807) is 13.0 Å². The fourth-order valence-electron chi connectivity index (χ4n) is 3.47. The number of allylic oxidation sites excluding steroid dienone is 2. The van der Waals surface area contributed by atoms with E-state index in [2.05, 4.69) is 12.1 Å². The Labute approximate surface area is 154 Å². The predicted molar refractivity (Wildman–Crippen MR) is 102 cm³/mol. The van der Waals surface area contributed by atoms with Gasteiger partial charge in [0.15, 0.2) is 0 Å². The second-order valence-electron chi connectivity index (χ2n) is 7.47. The average Bonchev–Trinajstić information content (AvgIpc) is 3.20. The number of hydrogen-bond donors (Lipinski definition) is 0. The lowest BCUT2D eigenvalue weighted by Crippen LogP contribution is -2.10. The van der Waals surface area contributed by atoms with E-state index < -0.39 is 0 Å². The molecule has 0 unspecified atom stereocenters. The monoisotopic (exact) mass is 352 g/mol. The summed E-state index contributed by atoms with van der Waals surface area (Å²) in [6.07, 6.45) is 1.95. The highest BCUT2D eigenvalue weighted by atomic mass is 19.1. The van der Waals surface area contributed by atoms with Gasteiger partial charge in [-0.2, -0.15) is 0 Å².